The molecule has 0 saturated heterocycles. The van der Waals surface area contributed by atoms with Crippen molar-refractivity contribution in [2.45, 2.75) is 38.3 Å². The van der Waals surface area contributed by atoms with Gasteiger partial charge in [-0.05, 0) is 18.1 Å². The van der Waals surface area contributed by atoms with Crippen LogP contribution in [-0.4, -0.2) is 46.9 Å². The number of carboxylic acid groups (broad SMARTS) is 1. The monoisotopic (exact) mass is 386 g/mol. The second-order valence-electron chi connectivity index (χ2n) is 6.48. The third-order valence-electron chi connectivity index (χ3n) is 4.14. The highest BCUT2D eigenvalue weighted by Gasteiger charge is 2.28. The molecular formula is C21H26N2O5. The second kappa shape index (κ2) is 11.2. The van der Waals surface area contributed by atoms with Gasteiger partial charge in [-0.1, -0.05) is 60.7 Å². The molecule has 0 spiro atoms. The maximum atomic E-state index is 12.5. The van der Waals surface area contributed by atoms with Crippen LogP contribution in [0.25, 0.3) is 0 Å². The van der Waals surface area contributed by atoms with Crippen LogP contribution in [0.2, 0.25) is 0 Å². The Morgan fingerprint density at radius 3 is 2.11 bits per heavy atom. The van der Waals surface area contributed by atoms with E-state index in [1.54, 1.807) is 0 Å². The predicted molar refractivity (Wildman–Crippen MR) is 104 cm³/mol. The molecule has 2 aromatic carbocycles. The smallest absolute Gasteiger partial charge is 0.328 e. The first-order valence-corrected chi connectivity index (χ1v) is 9.07. The van der Waals surface area contributed by atoms with Crippen LogP contribution in [0.3, 0.4) is 0 Å². The van der Waals surface area contributed by atoms with Gasteiger partial charge in [-0.25, -0.2) is 4.79 Å². The van der Waals surface area contributed by atoms with Crippen LogP contribution in [-0.2, 0) is 27.5 Å². The van der Waals surface area contributed by atoms with E-state index in [1.165, 1.54) is 6.92 Å². The molecule has 2 rings (SSSR count). The van der Waals surface area contributed by atoms with E-state index in [0.29, 0.717) is 6.54 Å². The van der Waals surface area contributed by atoms with Crippen LogP contribution < -0.4 is 10.6 Å². The first-order chi connectivity index (χ1) is 13.5. The first kappa shape index (κ1) is 21.6. The molecule has 7 nitrogen and oxygen atoms in total. The van der Waals surface area contributed by atoms with Gasteiger partial charge in [0.1, 0.15) is 6.04 Å². The molecule has 150 valence electrons. The number of aliphatic hydroxyl groups excluding tert-OH is 1. The van der Waals surface area contributed by atoms with Gasteiger partial charge in [-0.3, -0.25) is 10.1 Å². The van der Waals surface area contributed by atoms with Gasteiger partial charge in [-0.15, -0.1) is 0 Å². The average Bonchev–Trinajstić information content (AvgIpc) is 2.68. The maximum absolute atomic E-state index is 12.5. The highest BCUT2D eigenvalue weighted by molar-refractivity contribution is 5.87. The fraction of sp³-hybridized carbons (Fsp3) is 0.333. The van der Waals surface area contributed by atoms with Crippen molar-refractivity contribution in [2.24, 2.45) is 0 Å². The zero-order valence-electron chi connectivity index (χ0n) is 15.7. The molecule has 0 fully saturated rings. The van der Waals surface area contributed by atoms with Crippen molar-refractivity contribution in [1.82, 2.24) is 10.6 Å². The summed E-state index contributed by atoms with van der Waals surface area (Å²) in [4.78, 5) is 24.0. The van der Waals surface area contributed by atoms with Crippen molar-refractivity contribution in [3.05, 3.63) is 71.8 Å². The lowest BCUT2D eigenvalue weighted by atomic mass is 10.1. The Morgan fingerprint density at radius 1 is 1.00 bits per heavy atom. The van der Waals surface area contributed by atoms with E-state index >= 15 is 0 Å². The third-order valence-corrected chi connectivity index (χ3v) is 4.14. The number of ether oxygens (including phenoxy) is 1. The number of amides is 1. The van der Waals surface area contributed by atoms with Crippen LogP contribution >= 0.6 is 0 Å². The topological polar surface area (TPSA) is 108 Å². The summed E-state index contributed by atoms with van der Waals surface area (Å²) in [7, 11) is 0. The van der Waals surface area contributed by atoms with Crippen LogP contribution in [0.5, 0.6) is 0 Å². The molecule has 7 heteroatoms. The van der Waals surface area contributed by atoms with Gasteiger partial charge in [-0.2, -0.15) is 0 Å². The van der Waals surface area contributed by atoms with Gasteiger partial charge in [0.05, 0.1) is 19.3 Å². The molecule has 4 N–H and O–H groups in total. The Labute approximate surface area is 164 Å². The summed E-state index contributed by atoms with van der Waals surface area (Å²) in [5.41, 5.74) is 1.85. The lowest BCUT2D eigenvalue weighted by Gasteiger charge is -2.23. The van der Waals surface area contributed by atoms with Crippen molar-refractivity contribution in [2.75, 3.05) is 6.61 Å². The van der Waals surface area contributed by atoms with E-state index in [0.717, 1.165) is 11.1 Å². The molecule has 0 saturated carbocycles. The summed E-state index contributed by atoms with van der Waals surface area (Å²) >= 11 is 0. The summed E-state index contributed by atoms with van der Waals surface area (Å²) in [5.74, 6) is -1.80. The fourth-order valence-corrected chi connectivity index (χ4v) is 2.61. The van der Waals surface area contributed by atoms with E-state index < -0.39 is 30.1 Å². The summed E-state index contributed by atoms with van der Waals surface area (Å²) in [6, 6.07) is 16.6. The number of aliphatic hydroxyl groups is 1. The minimum absolute atomic E-state index is 0.179. The number of hydrogen-bond acceptors (Lipinski definition) is 5. The number of nitrogens with one attached hydrogen (secondary N) is 2. The Balaban J connectivity index is 1.89. The SMILES string of the molecule is C[C@@H](O)[C@H](NCc1ccccc1)C(=O)N[C@@H](COCc1ccccc1)C(=O)O. The molecule has 3 atom stereocenters. The molecular weight excluding hydrogens is 360 g/mol. The van der Waals surface area contributed by atoms with Crippen molar-refractivity contribution < 1.29 is 24.5 Å². The van der Waals surface area contributed by atoms with Crippen LogP contribution in [0, 0.1) is 0 Å². The zero-order chi connectivity index (χ0) is 20.4. The van der Waals surface area contributed by atoms with E-state index in [9.17, 15) is 19.8 Å². The molecule has 0 unspecified atom stereocenters. The zero-order valence-corrected chi connectivity index (χ0v) is 15.7. The van der Waals surface area contributed by atoms with Gasteiger partial charge in [0, 0.05) is 6.54 Å². The van der Waals surface area contributed by atoms with Crippen LogP contribution in [0.4, 0.5) is 0 Å². The number of rotatable bonds is 11. The molecule has 0 aromatic heterocycles. The number of benzene rings is 2. The number of carbonyl (C=O) groups excluding carboxylic acids is 1. The standard InChI is InChI=1S/C21H26N2O5/c1-15(24)19(22-12-16-8-4-2-5-9-16)20(25)23-18(21(26)27)14-28-13-17-10-6-3-7-11-17/h2-11,15,18-19,22,24H,12-14H2,1H3,(H,23,25)(H,26,27)/t15-,18+,19+/m1/s1. The maximum Gasteiger partial charge on any atom is 0.328 e. The van der Waals surface area contributed by atoms with Gasteiger partial charge < -0.3 is 20.3 Å². The molecule has 1 amide bonds. The summed E-state index contributed by atoms with van der Waals surface area (Å²) in [5, 5.41) is 24.7. The highest BCUT2D eigenvalue weighted by Crippen LogP contribution is 2.03. The van der Waals surface area contributed by atoms with Gasteiger partial charge in [0.15, 0.2) is 6.04 Å². The normalized spacial score (nSPS) is 14.1. The lowest BCUT2D eigenvalue weighted by Crippen LogP contribution is -2.55. The Kier molecular flexibility index (Phi) is 8.61. The number of carbonyl (C=O) groups is 2. The van der Waals surface area contributed by atoms with Gasteiger partial charge in [0.25, 0.3) is 0 Å². The average molecular weight is 386 g/mol. The molecule has 28 heavy (non-hydrogen) atoms. The highest BCUT2D eigenvalue weighted by atomic mass is 16.5. The fourth-order valence-electron chi connectivity index (χ4n) is 2.61. The minimum Gasteiger partial charge on any atom is -0.480 e. The summed E-state index contributed by atoms with van der Waals surface area (Å²) in [6.07, 6.45) is -0.997. The third kappa shape index (κ3) is 7.11. The second-order valence-corrected chi connectivity index (χ2v) is 6.48. The molecule has 0 heterocycles. The number of aliphatic carboxylic acids is 1. The first-order valence-electron chi connectivity index (χ1n) is 9.07. The van der Waals surface area contributed by atoms with Crippen LogP contribution in [0.15, 0.2) is 60.7 Å². The van der Waals surface area contributed by atoms with Crippen molar-refractivity contribution in [3.8, 4) is 0 Å². The molecule has 2 aromatic rings. The predicted octanol–water partition coefficient (Wildman–Crippen LogP) is 1.31. The Hall–Kier alpha value is -2.74. The van der Waals surface area contributed by atoms with Crippen molar-refractivity contribution in [1.29, 1.82) is 0 Å². The molecule has 0 aliphatic rings. The Morgan fingerprint density at radius 2 is 1.57 bits per heavy atom. The number of carboxylic acids is 1. The van der Waals surface area contributed by atoms with E-state index in [-0.39, 0.29) is 13.2 Å². The largest absolute Gasteiger partial charge is 0.480 e. The minimum atomic E-state index is -1.21. The molecule has 0 radical (unpaired) electrons. The van der Waals surface area contributed by atoms with Gasteiger partial charge in [0.2, 0.25) is 5.91 Å². The molecule has 0 aliphatic carbocycles. The van der Waals surface area contributed by atoms with Crippen molar-refractivity contribution >= 4 is 11.9 Å². The van der Waals surface area contributed by atoms with E-state index in [4.69, 9.17) is 4.74 Å². The van der Waals surface area contributed by atoms with Crippen molar-refractivity contribution in [3.63, 3.8) is 0 Å². The van der Waals surface area contributed by atoms with Gasteiger partial charge >= 0.3 is 5.97 Å². The Bertz CT molecular complexity index is 737. The van der Waals surface area contributed by atoms with E-state index in [2.05, 4.69) is 10.6 Å². The lowest BCUT2D eigenvalue weighted by molar-refractivity contribution is -0.144. The summed E-state index contributed by atoms with van der Waals surface area (Å²) < 4.78 is 5.44. The van der Waals surface area contributed by atoms with E-state index in [1.807, 2.05) is 60.7 Å². The summed E-state index contributed by atoms with van der Waals surface area (Å²) in [6.45, 7) is 1.91. The quantitative estimate of drug-likeness (QED) is 0.464. The number of hydrogen-bond donors (Lipinski definition) is 4. The van der Waals surface area contributed by atoms with Crippen LogP contribution in [0.1, 0.15) is 18.1 Å². The molecule has 0 bridgehead atoms. The molecule has 0 aliphatic heterocycles.